The number of hydrogen-bond acceptors (Lipinski definition) is 9. The maximum atomic E-state index is 14.0. The van der Waals surface area contributed by atoms with Gasteiger partial charge in [-0.1, -0.05) is 31.3 Å². The minimum absolute atomic E-state index is 0.0216. The Labute approximate surface area is 241 Å². The van der Waals surface area contributed by atoms with Crippen LogP contribution in [-0.4, -0.2) is 43.4 Å². The molecule has 1 aliphatic heterocycles. The number of hydrogen-bond donors (Lipinski definition) is 3. The number of amides is 2. The van der Waals surface area contributed by atoms with Gasteiger partial charge in [0, 0.05) is 34.9 Å². The van der Waals surface area contributed by atoms with E-state index in [0.29, 0.717) is 57.6 Å². The fourth-order valence-corrected chi connectivity index (χ4v) is 6.34. The molecule has 11 heteroatoms. The number of Topliss-reactive ketones (excluding diaryl/α,β-unsaturated/α-hetero) is 1. The van der Waals surface area contributed by atoms with Crippen molar-refractivity contribution in [3.05, 3.63) is 64.5 Å². The van der Waals surface area contributed by atoms with E-state index in [1.165, 1.54) is 18.4 Å². The molecule has 1 aliphatic carbocycles. The Morgan fingerprint density at radius 1 is 1.12 bits per heavy atom. The number of thiazole rings is 1. The number of aromatic nitrogens is 1. The highest BCUT2D eigenvalue weighted by Gasteiger charge is 2.43. The SMILES string of the molecule is COc1ccc2nc(NC(=O)C3=C(C)NC4=C(C(=O)CC(C)(C)C4)[C@@H]3c3ccc(OCC(N)=O)c(OC)c3)sc2c1. The summed E-state index contributed by atoms with van der Waals surface area (Å²) in [6.07, 6.45) is 1.02. The second kappa shape index (κ2) is 10.9. The fourth-order valence-electron chi connectivity index (χ4n) is 5.45. The highest BCUT2D eigenvalue weighted by Crippen LogP contribution is 2.48. The number of anilines is 1. The summed E-state index contributed by atoms with van der Waals surface area (Å²) in [6, 6.07) is 10.7. The number of dihydropyridines is 1. The van der Waals surface area contributed by atoms with Gasteiger partial charge in [-0.25, -0.2) is 4.98 Å². The standard InChI is InChI=1S/C30H32N4O6S/c1-15-25(28(37)34-29-33-18-8-7-17(38-4)11-23(18)41-29)26(27-19(32-15)12-30(2,3)13-20(27)35)16-6-9-21(22(10-16)39-5)40-14-24(31)36/h6-11,26,32H,12-14H2,1-5H3,(H2,31,36)(H,33,34,37)/t26-/m1/s1. The van der Waals surface area contributed by atoms with Gasteiger partial charge in [-0.15, -0.1) is 0 Å². The molecule has 0 saturated heterocycles. The molecule has 2 amide bonds. The number of primary amides is 1. The maximum Gasteiger partial charge on any atom is 0.256 e. The first kappa shape index (κ1) is 28.2. The molecule has 1 aromatic heterocycles. The maximum absolute atomic E-state index is 14.0. The quantitative estimate of drug-likeness (QED) is 0.358. The fraction of sp³-hybridized carbons (Fsp3) is 0.333. The van der Waals surface area contributed by atoms with Crippen LogP contribution < -0.4 is 30.6 Å². The summed E-state index contributed by atoms with van der Waals surface area (Å²) < 4.78 is 17.2. The van der Waals surface area contributed by atoms with Gasteiger partial charge < -0.3 is 25.3 Å². The van der Waals surface area contributed by atoms with Crippen molar-refractivity contribution in [3.8, 4) is 17.2 Å². The number of allylic oxidation sites excluding steroid dienone is 3. The van der Waals surface area contributed by atoms with E-state index in [9.17, 15) is 14.4 Å². The third-order valence-electron chi connectivity index (χ3n) is 7.19. The summed E-state index contributed by atoms with van der Waals surface area (Å²) in [6.45, 7) is 5.64. The molecule has 0 radical (unpaired) electrons. The van der Waals surface area contributed by atoms with Crippen molar-refractivity contribution in [3.63, 3.8) is 0 Å². The molecule has 10 nitrogen and oxygen atoms in total. The summed E-state index contributed by atoms with van der Waals surface area (Å²) in [4.78, 5) is 43.5. The third kappa shape index (κ3) is 5.62. The molecule has 1 atom stereocenters. The number of methoxy groups -OCH3 is 2. The number of benzene rings is 2. The van der Waals surface area contributed by atoms with Gasteiger partial charge in [0.25, 0.3) is 11.8 Å². The smallest absolute Gasteiger partial charge is 0.256 e. The number of ether oxygens (including phenoxy) is 3. The average molecular weight is 577 g/mol. The van der Waals surface area contributed by atoms with E-state index in [1.54, 1.807) is 25.3 Å². The number of rotatable bonds is 8. The van der Waals surface area contributed by atoms with Crippen LogP contribution in [-0.2, 0) is 14.4 Å². The molecule has 4 N–H and O–H groups in total. The Bertz CT molecular complexity index is 1640. The number of carbonyl (C=O) groups excluding carboxylic acids is 3. The topological polar surface area (TPSA) is 142 Å². The molecule has 2 heterocycles. The van der Waals surface area contributed by atoms with Crippen LogP contribution in [0, 0.1) is 5.41 Å². The van der Waals surface area contributed by atoms with Gasteiger partial charge in [-0.05, 0) is 54.7 Å². The molecule has 3 aromatic rings. The molecule has 0 bridgehead atoms. The summed E-state index contributed by atoms with van der Waals surface area (Å²) in [5, 5.41) is 6.76. The van der Waals surface area contributed by atoms with Crippen LogP contribution >= 0.6 is 11.3 Å². The first-order chi connectivity index (χ1) is 19.5. The van der Waals surface area contributed by atoms with Gasteiger partial charge >= 0.3 is 0 Å². The lowest BCUT2D eigenvalue weighted by molar-refractivity contribution is -0.120. The third-order valence-corrected chi connectivity index (χ3v) is 8.12. The summed E-state index contributed by atoms with van der Waals surface area (Å²) >= 11 is 1.34. The zero-order valence-electron chi connectivity index (χ0n) is 23.5. The molecule has 41 heavy (non-hydrogen) atoms. The Kier molecular flexibility index (Phi) is 7.48. The predicted molar refractivity (Wildman–Crippen MR) is 156 cm³/mol. The highest BCUT2D eigenvalue weighted by atomic mass is 32.1. The van der Waals surface area contributed by atoms with Crippen molar-refractivity contribution < 1.29 is 28.6 Å². The molecule has 0 spiro atoms. The largest absolute Gasteiger partial charge is 0.497 e. The number of ketones is 1. The first-order valence-electron chi connectivity index (χ1n) is 13.1. The van der Waals surface area contributed by atoms with E-state index in [1.807, 2.05) is 25.1 Å². The van der Waals surface area contributed by atoms with Crippen LogP contribution in [0.15, 0.2) is 58.9 Å². The highest BCUT2D eigenvalue weighted by molar-refractivity contribution is 7.22. The van der Waals surface area contributed by atoms with E-state index in [2.05, 4.69) is 29.5 Å². The van der Waals surface area contributed by atoms with Gasteiger partial charge in [0.1, 0.15) is 5.75 Å². The van der Waals surface area contributed by atoms with Crippen molar-refractivity contribution in [1.82, 2.24) is 10.3 Å². The summed E-state index contributed by atoms with van der Waals surface area (Å²) in [5.74, 6) is -0.301. The molecule has 0 fully saturated rings. The van der Waals surface area contributed by atoms with Crippen molar-refractivity contribution >= 4 is 44.3 Å². The van der Waals surface area contributed by atoms with Crippen LogP contribution in [0.3, 0.4) is 0 Å². The summed E-state index contributed by atoms with van der Waals surface area (Å²) in [5.41, 5.74) is 8.85. The van der Waals surface area contributed by atoms with Crippen molar-refractivity contribution in [2.75, 3.05) is 26.1 Å². The Morgan fingerprint density at radius 3 is 2.61 bits per heavy atom. The minimum Gasteiger partial charge on any atom is -0.497 e. The van der Waals surface area contributed by atoms with E-state index >= 15 is 0 Å². The lowest BCUT2D eigenvalue weighted by Crippen LogP contribution is -2.39. The van der Waals surface area contributed by atoms with Gasteiger partial charge in [0.05, 0.1) is 24.4 Å². The molecule has 0 saturated carbocycles. The molecule has 214 valence electrons. The van der Waals surface area contributed by atoms with E-state index in [4.69, 9.17) is 19.9 Å². The van der Waals surface area contributed by atoms with E-state index in [-0.39, 0.29) is 23.7 Å². The van der Waals surface area contributed by atoms with Crippen LogP contribution in [0.5, 0.6) is 17.2 Å². The monoisotopic (exact) mass is 576 g/mol. The zero-order chi connectivity index (χ0) is 29.5. The number of nitrogens with two attached hydrogens (primary N) is 1. The number of nitrogens with one attached hydrogen (secondary N) is 2. The Balaban J connectivity index is 1.57. The van der Waals surface area contributed by atoms with Gasteiger partial charge in [0.2, 0.25) is 0 Å². The van der Waals surface area contributed by atoms with Crippen molar-refractivity contribution in [2.45, 2.75) is 39.5 Å². The second-order valence-corrected chi connectivity index (χ2v) is 11.9. The second-order valence-electron chi connectivity index (χ2n) is 10.9. The molecular weight excluding hydrogens is 544 g/mol. The van der Waals surface area contributed by atoms with E-state index in [0.717, 1.165) is 15.9 Å². The average Bonchev–Trinajstić information content (AvgIpc) is 3.31. The number of carbonyl (C=O) groups is 3. The zero-order valence-corrected chi connectivity index (χ0v) is 24.4. The van der Waals surface area contributed by atoms with Crippen LogP contribution in [0.25, 0.3) is 10.2 Å². The molecule has 2 aromatic carbocycles. The van der Waals surface area contributed by atoms with Crippen molar-refractivity contribution in [1.29, 1.82) is 0 Å². The molecular formula is C30H32N4O6S. The first-order valence-corrected chi connectivity index (χ1v) is 13.9. The molecule has 5 rings (SSSR count). The lowest BCUT2D eigenvalue weighted by atomic mass is 9.68. The molecule has 2 aliphatic rings. The molecule has 0 unspecified atom stereocenters. The van der Waals surface area contributed by atoms with Gasteiger partial charge in [0.15, 0.2) is 29.0 Å². The van der Waals surface area contributed by atoms with Gasteiger partial charge in [-0.3, -0.25) is 19.7 Å². The minimum atomic E-state index is -0.664. The van der Waals surface area contributed by atoms with Crippen molar-refractivity contribution in [2.24, 2.45) is 11.1 Å². The van der Waals surface area contributed by atoms with E-state index < -0.39 is 11.8 Å². The number of fused-ring (bicyclic) bond motifs is 1. The van der Waals surface area contributed by atoms with Crippen LogP contribution in [0.1, 0.15) is 45.1 Å². The van der Waals surface area contributed by atoms with Crippen LogP contribution in [0.4, 0.5) is 5.13 Å². The van der Waals surface area contributed by atoms with Gasteiger partial charge in [-0.2, -0.15) is 0 Å². The number of nitrogens with zero attached hydrogens (tertiary/aromatic N) is 1. The Morgan fingerprint density at radius 2 is 1.90 bits per heavy atom. The Hall–Kier alpha value is -4.38. The normalized spacial score (nSPS) is 18.1. The lowest BCUT2D eigenvalue weighted by Gasteiger charge is -2.39. The predicted octanol–water partition coefficient (Wildman–Crippen LogP) is 4.42. The van der Waals surface area contributed by atoms with Crippen LogP contribution in [0.2, 0.25) is 0 Å². The summed E-state index contributed by atoms with van der Waals surface area (Å²) in [7, 11) is 3.08.